The zero-order valence-electron chi connectivity index (χ0n) is 15.0. The molecule has 1 unspecified atom stereocenters. The van der Waals surface area contributed by atoms with Gasteiger partial charge in [0.25, 0.3) is 0 Å². The summed E-state index contributed by atoms with van der Waals surface area (Å²) in [7, 11) is 1.66. The number of rotatable bonds is 7. The molecule has 0 saturated carbocycles. The van der Waals surface area contributed by atoms with Gasteiger partial charge in [0.05, 0.1) is 6.61 Å². The number of carbonyl (C=O) groups excluding carboxylic acids is 2. The van der Waals surface area contributed by atoms with E-state index in [0.717, 1.165) is 5.56 Å². The van der Waals surface area contributed by atoms with Gasteiger partial charge in [0.2, 0.25) is 11.8 Å². The van der Waals surface area contributed by atoms with Gasteiger partial charge in [-0.2, -0.15) is 0 Å². The SMILES string of the molecule is CN=C(NCCN1C(=O)CCCC1=O)NCC(CO)c1ccccc1.I. The molecule has 1 aromatic carbocycles. The fourth-order valence-corrected chi connectivity index (χ4v) is 2.79. The molecule has 3 N–H and O–H groups in total. The molecule has 8 heteroatoms. The fourth-order valence-electron chi connectivity index (χ4n) is 2.79. The van der Waals surface area contributed by atoms with E-state index in [2.05, 4.69) is 15.6 Å². The second-order valence-corrected chi connectivity index (χ2v) is 5.96. The Labute approximate surface area is 171 Å². The number of imide groups is 1. The van der Waals surface area contributed by atoms with Crippen LogP contribution in [0.2, 0.25) is 0 Å². The summed E-state index contributed by atoms with van der Waals surface area (Å²) in [5.41, 5.74) is 1.05. The predicted molar refractivity (Wildman–Crippen MR) is 112 cm³/mol. The van der Waals surface area contributed by atoms with Gasteiger partial charge < -0.3 is 15.7 Å². The molecule has 0 bridgehead atoms. The highest BCUT2D eigenvalue weighted by Crippen LogP contribution is 2.13. The van der Waals surface area contributed by atoms with Crippen molar-refractivity contribution in [1.82, 2.24) is 15.5 Å². The molecule has 0 radical (unpaired) electrons. The topological polar surface area (TPSA) is 94.0 Å². The number of carbonyl (C=O) groups is 2. The van der Waals surface area contributed by atoms with E-state index in [0.29, 0.717) is 44.9 Å². The van der Waals surface area contributed by atoms with Crippen molar-refractivity contribution in [3.8, 4) is 0 Å². The van der Waals surface area contributed by atoms with E-state index in [1.54, 1.807) is 7.05 Å². The van der Waals surface area contributed by atoms with Crippen LogP contribution in [0.4, 0.5) is 0 Å². The number of aliphatic imine (C=N–C) groups is 1. The predicted octanol–water partition coefficient (Wildman–Crippen LogP) is 1.08. The van der Waals surface area contributed by atoms with Crippen LogP contribution < -0.4 is 10.6 Å². The first-order chi connectivity index (χ1) is 12.2. The van der Waals surface area contributed by atoms with Gasteiger partial charge in [0.15, 0.2) is 5.96 Å². The first-order valence-corrected chi connectivity index (χ1v) is 8.59. The summed E-state index contributed by atoms with van der Waals surface area (Å²) < 4.78 is 0. The van der Waals surface area contributed by atoms with Crippen LogP contribution in [0.25, 0.3) is 0 Å². The lowest BCUT2D eigenvalue weighted by Crippen LogP contribution is -2.47. The van der Waals surface area contributed by atoms with E-state index >= 15 is 0 Å². The molecule has 7 nitrogen and oxygen atoms in total. The minimum atomic E-state index is -0.106. The molecule has 0 spiro atoms. The standard InChI is InChI=1S/C18H26N4O3.HI/c1-19-18(20-10-11-22-16(24)8-5-9-17(22)25)21-12-15(13-23)14-6-3-2-4-7-14;/h2-4,6-7,15,23H,5,8-13H2,1H3,(H2,19,20,21);1H. The number of amides is 2. The smallest absolute Gasteiger partial charge is 0.229 e. The van der Waals surface area contributed by atoms with Gasteiger partial charge in [0, 0.05) is 45.4 Å². The van der Waals surface area contributed by atoms with E-state index in [1.807, 2.05) is 30.3 Å². The summed E-state index contributed by atoms with van der Waals surface area (Å²) in [5.74, 6) is 0.326. The minimum absolute atomic E-state index is 0. The van der Waals surface area contributed by atoms with Crippen LogP contribution >= 0.6 is 24.0 Å². The number of hydrogen-bond acceptors (Lipinski definition) is 4. The summed E-state index contributed by atoms with van der Waals surface area (Å²) in [6.07, 6.45) is 1.52. The van der Waals surface area contributed by atoms with Crippen molar-refractivity contribution in [2.45, 2.75) is 25.2 Å². The number of aliphatic hydroxyl groups is 1. The molecule has 26 heavy (non-hydrogen) atoms. The molecule has 144 valence electrons. The number of nitrogens with one attached hydrogen (secondary N) is 2. The minimum Gasteiger partial charge on any atom is -0.396 e. The molecule has 1 aliphatic heterocycles. The molecule has 2 rings (SSSR count). The summed E-state index contributed by atoms with van der Waals surface area (Å²) in [6, 6.07) is 9.78. The Balaban J connectivity index is 0.00000338. The number of piperidine rings is 1. The number of guanidine groups is 1. The van der Waals surface area contributed by atoms with Crippen LogP contribution in [0.5, 0.6) is 0 Å². The van der Waals surface area contributed by atoms with Crippen LogP contribution in [-0.2, 0) is 9.59 Å². The Kier molecular flexibility index (Phi) is 10.2. The Morgan fingerprint density at radius 3 is 2.42 bits per heavy atom. The molecular weight excluding hydrogens is 447 g/mol. The van der Waals surface area contributed by atoms with Gasteiger partial charge in [-0.1, -0.05) is 30.3 Å². The van der Waals surface area contributed by atoms with Crippen molar-refractivity contribution in [1.29, 1.82) is 0 Å². The van der Waals surface area contributed by atoms with E-state index in [-0.39, 0.29) is 48.3 Å². The van der Waals surface area contributed by atoms with Crippen molar-refractivity contribution < 1.29 is 14.7 Å². The quantitative estimate of drug-likeness (QED) is 0.238. The second-order valence-electron chi connectivity index (χ2n) is 5.96. The van der Waals surface area contributed by atoms with Gasteiger partial charge in [-0.3, -0.25) is 19.5 Å². The molecule has 1 saturated heterocycles. The molecular formula is C18H27IN4O3. The van der Waals surface area contributed by atoms with E-state index in [9.17, 15) is 14.7 Å². The van der Waals surface area contributed by atoms with Crippen molar-refractivity contribution in [2.75, 3.05) is 33.3 Å². The highest BCUT2D eigenvalue weighted by atomic mass is 127. The number of nitrogens with zero attached hydrogens (tertiary/aromatic N) is 2. The van der Waals surface area contributed by atoms with Crippen molar-refractivity contribution in [2.24, 2.45) is 4.99 Å². The number of aliphatic hydroxyl groups excluding tert-OH is 1. The Hall–Kier alpha value is -1.68. The highest BCUT2D eigenvalue weighted by Gasteiger charge is 2.25. The largest absolute Gasteiger partial charge is 0.396 e. The van der Waals surface area contributed by atoms with Crippen molar-refractivity contribution >= 4 is 41.8 Å². The first-order valence-electron chi connectivity index (χ1n) is 8.59. The van der Waals surface area contributed by atoms with E-state index in [4.69, 9.17) is 0 Å². The number of benzene rings is 1. The second kappa shape index (κ2) is 11.8. The van der Waals surface area contributed by atoms with Crippen LogP contribution in [0.15, 0.2) is 35.3 Å². The summed E-state index contributed by atoms with van der Waals surface area (Å²) in [5, 5.41) is 15.9. The van der Waals surface area contributed by atoms with Crippen molar-refractivity contribution in [3.63, 3.8) is 0 Å². The maximum Gasteiger partial charge on any atom is 0.229 e. The lowest BCUT2D eigenvalue weighted by Gasteiger charge is -2.25. The number of likely N-dealkylation sites (tertiary alicyclic amines) is 1. The summed E-state index contributed by atoms with van der Waals surface area (Å²) in [6.45, 7) is 1.33. The van der Waals surface area contributed by atoms with Crippen LogP contribution in [-0.4, -0.2) is 61.1 Å². The van der Waals surface area contributed by atoms with E-state index < -0.39 is 0 Å². The fraction of sp³-hybridized carbons (Fsp3) is 0.500. The molecule has 1 aliphatic rings. The van der Waals surface area contributed by atoms with Crippen LogP contribution in [0.1, 0.15) is 30.7 Å². The lowest BCUT2D eigenvalue weighted by atomic mass is 10.0. The van der Waals surface area contributed by atoms with Crippen LogP contribution in [0, 0.1) is 0 Å². The van der Waals surface area contributed by atoms with Gasteiger partial charge in [-0.25, -0.2) is 0 Å². The summed E-state index contributed by atoms with van der Waals surface area (Å²) >= 11 is 0. The third kappa shape index (κ3) is 6.56. The highest BCUT2D eigenvalue weighted by molar-refractivity contribution is 14.0. The average Bonchev–Trinajstić information content (AvgIpc) is 2.63. The molecule has 1 heterocycles. The monoisotopic (exact) mass is 474 g/mol. The third-order valence-electron chi connectivity index (χ3n) is 4.24. The first kappa shape index (κ1) is 22.4. The molecule has 0 aromatic heterocycles. The zero-order chi connectivity index (χ0) is 18.1. The molecule has 0 aliphatic carbocycles. The number of hydrogen-bond donors (Lipinski definition) is 3. The number of halogens is 1. The normalized spacial score (nSPS) is 16.1. The lowest BCUT2D eigenvalue weighted by molar-refractivity contribution is -0.147. The molecule has 1 fully saturated rings. The Morgan fingerprint density at radius 1 is 1.19 bits per heavy atom. The third-order valence-corrected chi connectivity index (χ3v) is 4.24. The molecule has 1 aromatic rings. The zero-order valence-corrected chi connectivity index (χ0v) is 17.3. The Morgan fingerprint density at radius 2 is 1.85 bits per heavy atom. The Bertz CT molecular complexity index is 594. The van der Waals surface area contributed by atoms with Crippen LogP contribution in [0.3, 0.4) is 0 Å². The van der Waals surface area contributed by atoms with Gasteiger partial charge >= 0.3 is 0 Å². The van der Waals surface area contributed by atoms with E-state index in [1.165, 1.54) is 4.90 Å². The molecule has 1 atom stereocenters. The summed E-state index contributed by atoms with van der Waals surface area (Å²) in [4.78, 5) is 29.0. The van der Waals surface area contributed by atoms with Gasteiger partial charge in [-0.15, -0.1) is 24.0 Å². The maximum absolute atomic E-state index is 11.8. The van der Waals surface area contributed by atoms with Gasteiger partial charge in [-0.05, 0) is 12.0 Å². The maximum atomic E-state index is 11.8. The van der Waals surface area contributed by atoms with Crippen molar-refractivity contribution in [3.05, 3.63) is 35.9 Å². The van der Waals surface area contributed by atoms with Gasteiger partial charge in [0.1, 0.15) is 0 Å². The average molecular weight is 474 g/mol. The molecule has 2 amide bonds.